The van der Waals surface area contributed by atoms with Crippen LogP contribution < -0.4 is 10.6 Å². The number of carbonyl (C=O) groups is 2. The molecule has 0 aliphatic rings. The Labute approximate surface area is 177 Å². The van der Waals surface area contributed by atoms with E-state index < -0.39 is 0 Å². The van der Waals surface area contributed by atoms with Crippen molar-refractivity contribution >= 4 is 17.6 Å². The number of ether oxygens (including phenoxy) is 1. The molecule has 2 N–H and O–H groups in total. The van der Waals surface area contributed by atoms with Crippen LogP contribution in [0.3, 0.4) is 0 Å². The lowest BCUT2D eigenvalue weighted by Gasteiger charge is -2.19. The summed E-state index contributed by atoms with van der Waals surface area (Å²) >= 11 is 0. The predicted octanol–water partition coefficient (Wildman–Crippen LogP) is 4.38. The molecule has 0 fully saturated rings. The number of hydrogen-bond acceptors (Lipinski definition) is 4. The van der Waals surface area contributed by atoms with Gasteiger partial charge in [0.05, 0.1) is 18.7 Å². The summed E-state index contributed by atoms with van der Waals surface area (Å²) in [4.78, 5) is 24.2. The molecule has 3 aromatic carbocycles. The van der Waals surface area contributed by atoms with Gasteiger partial charge in [0.1, 0.15) is 0 Å². The van der Waals surface area contributed by atoms with E-state index in [2.05, 4.69) is 34.9 Å². The third-order valence-corrected chi connectivity index (χ3v) is 4.67. The van der Waals surface area contributed by atoms with Crippen LogP contribution in [0.2, 0.25) is 0 Å². The van der Waals surface area contributed by atoms with Crippen molar-refractivity contribution in [2.24, 2.45) is 0 Å². The van der Waals surface area contributed by atoms with E-state index in [0.29, 0.717) is 17.9 Å². The minimum Gasteiger partial charge on any atom is -0.462 e. The van der Waals surface area contributed by atoms with Gasteiger partial charge in [-0.2, -0.15) is 0 Å². The fourth-order valence-corrected chi connectivity index (χ4v) is 3.17. The van der Waals surface area contributed by atoms with Gasteiger partial charge in [0.2, 0.25) is 5.91 Å². The molecule has 154 valence electrons. The van der Waals surface area contributed by atoms with E-state index in [1.807, 2.05) is 36.4 Å². The average Bonchev–Trinajstić information content (AvgIpc) is 2.78. The van der Waals surface area contributed by atoms with E-state index in [4.69, 9.17) is 4.74 Å². The van der Waals surface area contributed by atoms with Crippen molar-refractivity contribution in [1.29, 1.82) is 0 Å². The molecule has 0 saturated carbocycles. The highest BCUT2D eigenvalue weighted by atomic mass is 16.5. The summed E-state index contributed by atoms with van der Waals surface area (Å²) in [7, 11) is 0. The predicted molar refractivity (Wildman–Crippen MR) is 118 cm³/mol. The van der Waals surface area contributed by atoms with Crippen molar-refractivity contribution < 1.29 is 14.3 Å². The zero-order valence-corrected chi connectivity index (χ0v) is 17.0. The SMILES string of the molecule is CCOC(=O)c1ccc(NC(=O)CN[C@H](Cc2ccccc2)c2ccccc2)cc1. The van der Waals surface area contributed by atoms with E-state index in [9.17, 15) is 9.59 Å². The van der Waals surface area contributed by atoms with Gasteiger partial charge >= 0.3 is 5.97 Å². The standard InChI is InChI=1S/C25H26N2O3/c1-2-30-25(29)21-13-15-22(16-14-21)27-24(28)18-26-23(20-11-7-4-8-12-20)17-19-9-5-3-6-10-19/h3-16,23,26H,2,17-18H2,1H3,(H,27,28)/t23-/m1/s1. The topological polar surface area (TPSA) is 67.4 Å². The molecule has 30 heavy (non-hydrogen) atoms. The third-order valence-electron chi connectivity index (χ3n) is 4.67. The maximum Gasteiger partial charge on any atom is 0.338 e. The number of esters is 1. The summed E-state index contributed by atoms with van der Waals surface area (Å²) < 4.78 is 4.97. The molecule has 3 aromatic rings. The Kier molecular flexibility index (Phi) is 7.75. The summed E-state index contributed by atoms with van der Waals surface area (Å²) in [6.07, 6.45) is 0.784. The molecule has 0 unspecified atom stereocenters. The summed E-state index contributed by atoms with van der Waals surface area (Å²) in [5.74, 6) is -0.517. The van der Waals surface area contributed by atoms with Crippen LogP contribution in [-0.2, 0) is 16.0 Å². The van der Waals surface area contributed by atoms with Crippen molar-refractivity contribution in [1.82, 2.24) is 5.32 Å². The van der Waals surface area contributed by atoms with E-state index in [1.54, 1.807) is 31.2 Å². The molecule has 0 bridgehead atoms. The number of hydrogen-bond donors (Lipinski definition) is 2. The molecule has 0 spiro atoms. The first-order chi connectivity index (χ1) is 14.7. The van der Waals surface area contributed by atoms with Gasteiger partial charge in [0.15, 0.2) is 0 Å². The van der Waals surface area contributed by atoms with E-state index >= 15 is 0 Å². The van der Waals surface area contributed by atoms with Gasteiger partial charge in [-0.15, -0.1) is 0 Å². The molecule has 0 saturated heterocycles. The fourth-order valence-electron chi connectivity index (χ4n) is 3.17. The van der Waals surface area contributed by atoms with E-state index in [1.165, 1.54) is 5.56 Å². The molecule has 3 rings (SSSR count). The van der Waals surface area contributed by atoms with Crippen molar-refractivity contribution in [3.63, 3.8) is 0 Å². The van der Waals surface area contributed by atoms with Crippen LogP contribution in [0.1, 0.15) is 34.5 Å². The van der Waals surface area contributed by atoms with Crippen LogP contribution in [0.15, 0.2) is 84.9 Å². The second-order valence-electron chi connectivity index (χ2n) is 6.88. The highest BCUT2D eigenvalue weighted by Crippen LogP contribution is 2.18. The van der Waals surface area contributed by atoms with E-state index in [-0.39, 0.29) is 24.5 Å². The number of amides is 1. The minimum atomic E-state index is -0.372. The monoisotopic (exact) mass is 402 g/mol. The molecule has 0 aliphatic carbocycles. The van der Waals surface area contributed by atoms with Gasteiger partial charge in [0.25, 0.3) is 0 Å². The summed E-state index contributed by atoms with van der Waals surface area (Å²) in [5.41, 5.74) is 3.43. The molecule has 1 amide bonds. The molecule has 0 heterocycles. The zero-order chi connectivity index (χ0) is 21.2. The fraction of sp³-hybridized carbons (Fsp3) is 0.200. The lowest BCUT2D eigenvalue weighted by Crippen LogP contribution is -2.32. The Balaban J connectivity index is 1.59. The minimum absolute atomic E-state index is 0.0190. The first-order valence-electron chi connectivity index (χ1n) is 10.0. The quantitative estimate of drug-likeness (QED) is 0.522. The Morgan fingerprint density at radius 3 is 2.13 bits per heavy atom. The lowest BCUT2D eigenvalue weighted by molar-refractivity contribution is -0.115. The number of anilines is 1. The Morgan fingerprint density at radius 1 is 0.867 bits per heavy atom. The van der Waals surface area contributed by atoms with Crippen molar-refractivity contribution in [3.8, 4) is 0 Å². The largest absolute Gasteiger partial charge is 0.462 e. The average molecular weight is 402 g/mol. The summed E-state index contributed by atoms with van der Waals surface area (Å²) in [6.45, 7) is 2.26. The highest BCUT2D eigenvalue weighted by Gasteiger charge is 2.14. The Bertz CT molecular complexity index is 941. The smallest absolute Gasteiger partial charge is 0.338 e. The highest BCUT2D eigenvalue weighted by molar-refractivity contribution is 5.94. The number of benzene rings is 3. The molecule has 1 atom stereocenters. The van der Waals surface area contributed by atoms with Gasteiger partial charge < -0.3 is 15.4 Å². The summed E-state index contributed by atoms with van der Waals surface area (Å²) in [6, 6.07) is 27.0. The molecule has 0 radical (unpaired) electrons. The number of rotatable bonds is 9. The molecular formula is C25H26N2O3. The summed E-state index contributed by atoms with van der Waals surface area (Å²) in [5, 5.41) is 6.22. The van der Waals surface area contributed by atoms with Crippen LogP contribution in [0, 0.1) is 0 Å². The van der Waals surface area contributed by atoms with Crippen LogP contribution in [0.4, 0.5) is 5.69 Å². The van der Waals surface area contributed by atoms with Gasteiger partial charge in [-0.1, -0.05) is 60.7 Å². The third kappa shape index (κ3) is 6.29. The van der Waals surface area contributed by atoms with Gasteiger partial charge in [-0.25, -0.2) is 4.79 Å². The van der Waals surface area contributed by atoms with Gasteiger partial charge in [0, 0.05) is 11.7 Å². The second-order valence-corrected chi connectivity index (χ2v) is 6.88. The van der Waals surface area contributed by atoms with Gasteiger partial charge in [-0.3, -0.25) is 4.79 Å². The van der Waals surface area contributed by atoms with Gasteiger partial charge in [-0.05, 0) is 48.7 Å². The Hall–Kier alpha value is -3.44. The molecule has 5 nitrogen and oxygen atoms in total. The van der Waals surface area contributed by atoms with E-state index in [0.717, 1.165) is 12.0 Å². The molecular weight excluding hydrogens is 376 g/mol. The van der Waals surface area contributed by atoms with Crippen molar-refractivity contribution in [2.45, 2.75) is 19.4 Å². The maximum atomic E-state index is 12.5. The maximum absolute atomic E-state index is 12.5. The molecule has 0 aromatic heterocycles. The van der Waals surface area contributed by atoms with Crippen molar-refractivity contribution in [3.05, 3.63) is 102 Å². The van der Waals surface area contributed by atoms with Crippen molar-refractivity contribution in [2.75, 3.05) is 18.5 Å². The molecule has 0 aliphatic heterocycles. The molecule has 5 heteroatoms. The zero-order valence-electron chi connectivity index (χ0n) is 17.0. The normalized spacial score (nSPS) is 11.5. The second kappa shape index (κ2) is 10.9. The number of carbonyl (C=O) groups excluding carboxylic acids is 2. The Morgan fingerprint density at radius 2 is 1.50 bits per heavy atom. The van der Waals surface area contributed by atoms with Crippen LogP contribution in [0.5, 0.6) is 0 Å². The number of nitrogens with one attached hydrogen (secondary N) is 2. The van der Waals surface area contributed by atoms with Crippen LogP contribution in [-0.4, -0.2) is 25.0 Å². The van der Waals surface area contributed by atoms with Crippen LogP contribution in [0.25, 0.3) is 0 Å². The first kappa shape index (κ1) is 21.3. The first-order valence-corrected chi connectivity index (χ1v) is 10.0. The van der Waals surface area contributed by atoms with Crippen LogP contribution >= 0.6 is 0 Å². The lowest BCUT2D eigenvalue weighted by atomic mass is 9.99.